The molecule has 2 unspecified atom stereocenters. The number of hydrogen-bond acceptors (Lipinski definition) is 5. The van der Waals surface area contributed by atoms with Crippen molar-refractivity contribution in [1.29, 1.82) is 0 Å². The minimum Gasteiger partial charge on any atom is -0.494 e. The Morgan fingerprint density at radius 3 is 2.33 bits per heavy atom. The van der Waals surface area contributed by atoms with Gasteiger partial charge < -0.3 is 14.5 Å². The Balaban J connectivity index is 0.00000288. The van der Waals surface area contributed by atoms with Gasteiger partial charge in [-0.3, -0.25) is 0 Å². The number of oxime groups is 1. The summed E-state index contributed by atoms with van der Waals surface area (Å²) in [6, 6.07) is 6.96. The summed E-state index contributed by atoms with van der Waals surface area (Å²) in [5.41, 5.74) is 1.44. The maximum Gasteiger partial charge on any atom is 0.365 e. The molecule has 1 aromatic carbocycles. The van der Waals surface area contributed by atoms with E-state index in [0.717, 1.165) is 31.0 Å². The summed E-state index contributed by atoms with van der Waals surface area (Å²) in [4.78, 5) is 19.5. The van der Waals surface area contributed by atoms with Gasteiger partial charge in [-0.1, -0.05) is 25.9 Å². The lowest BCUT2D eigenvalue weighted by Gasteiger charge is -2.32. The first-order valence-electron chi connectivity index (χ1n) is 8.21. The van der Waals surface area contributed by atoms with Gasteiger partial charge in [-0.25, -0.2) is 4.79 Å². The van der Waals surface area contributed by atoms with Crippen molar-refractivity contribution >= 4 is 24.1 Å². The number of hydrogen-bond donors (Lipinski definition) is 0. The predicted octanol–water partition coefficient (Wildman–Crippen LogP) is 3.63. The number of benzene rings is 1. The summed E-state index contributed by atoms with van der Waals surface area (Å²) in [7, 11) is 2.10. The molecule has 6 heteroatoms. The topological polar surface area (TPSA) is 51.1 Å². The molecule has 0 bridgehead atoms. The van der Waals surface area contributed by atoms with E-state index >= 15 is 0 Å². The lowest BCUT2D eigenvalue weighted by molar-refractivity contribution is 0.0508. The van der Waals surface area contributed by atoms with Gasteiger partial charge in [0.15, 0.2) is 0 Å². The van der Waals surface area contributed by atoms with Crippen LogP contribution in [0.15, 0.2) is 29.4 Å². The minimum atomic E-state index is -0.433. The molecular weight excluding hydrogens is 328 g/mol. The third kappa shape index (κ3) is 5.49. The molecule has 2 rings (SSSR count). The second kappa shape index (κ2) is 9.64. The van der Waals surface area contributed by atoms with Gasteiger partial charge in [0.2, 0.25) is 0 Å². The monoisotopic (exact) mass is 354 g/mol. The fourth-order valence-electron chi connectivity index (χ4n) is 2.92. The van der Waals surface area contributed by atoms with Crippen molar-refractivity contribution < 1.29 is 14.4 Å². The Morgan fingerprint density at radius 1 is 1.21 bits per heavy atom. The molecular formula is C18H27ClN2O3. The summed E-state index contributed by atoms with van der Waals surface area (Å²) in [6.07, 6.45) is 0.951. The number of carbonyl (C=O) groups is 1. The summed E-state index contributed by atoms with van der Waals surface area (Å²) >= 11 is 0. The van der Waals surface area contributed by atoms with E-state index in [1.54, 1.807) is 24.3 Å². The summed E-state index contributed by atoms with van der Waals surface area (Å²) in [5.74, 6) is 0.910. The number of ether oxygens (including phenoxy) is 1. The van der Waals surface area contributed by atoms with Gasteiger partial charge in [-0.2, -0.15) is 0 Å². The highest BCUT2D eigenvalue weighted by Gasteiger charge is 2.27. The van der Waals surface area contributed by atoms with Crippen LogP contribution < -0.4 is 4.74 Å². The van der Waals surface area contributed by atoms with Gasteiger partial charge in [-0.05, 0) is 37.7 Å². The van der Waals surface area contributed by atoms with Gasteiger partial charge in [0.1, 0.15) is 5.75 Å². The smallest absolute Gasteiger partial charge is 0.365 e. The molecule has 1 saturated heterocycles. The van der Waals surface area contributed by atoms with Crippen LogP contribution in [0, 0.1) is 11.8 Å². The average Bonchev–Trinajstić information content (AvgIpc) is 2.52. The quantitative estimate of drug-likeness (QED) is 0.598. The molecule has 1 fully saturated rings. The summed E-state index contributed by atoms with van der Waals surface area (Å²) in [6.45, 7) is 8.81. The zero-order valence-electron chi connectivity index (χ0n) is 14.8. The lowest BCUT2D eigenvalue weighted by atomic mass is 9.90. The molecule has 5 nitrogen and oxygen atoms in total. The maximum atomic E-state index is 12.1. The number of piperidine rings is 1. The van der Waals surface area contributed by atoms with Crippen molar-refractivity contribution in [1.82, 2.24) is 4.90 Å². The number of rotatable bonds is 5. The first kappa shape index (κ1) is 20.5. The van der Waals surface area contributed by atoms with E-state index in [2.05, 4.69) is 37.9 Å². The highest BCUT2D eigenvalue weighted by Crippen LogP contribution is 2.19. The Morgan fingerprint density at radius 2 is 1.79 bits per heavy atom. The molecule has 1 aliphatic heterocycles. The fraction of sp³-hybridized carbons (Fsp3) is 0.556. The second-order valence-electron chi connectivity index (χ2n) is 6.29. The van der Waals surface area contributed by atoms with Crippen LogP contribution in [-0.2, 0) is 4.84 Å². The molecule has 0 amide bonds. The number of nitrogens with zero attached hydrogens (tertiary/aromatic N) is 2. The predicted molar refractivity (Wildman–Crippen MR) is 98.2 cm³/mol. The van der Waals surface area contributed by atoms with E-state index in [9.17, 15) is 4.79 Å². The van der Waals surface area contributed by atoms with Gasteiger partial charge in [-0.15, -0.1) is 12.4 Å². The van der Waals surface area contributed by atoms with Crippen molar-refractivity contribution in [2.45, 2.75) is 27.2 Å². The van der Waals surface area contributed by atoms with Crippen LogP contribution in [0.25, 0.3) is 0 Å². The van der Waals surface area contributed by atoms with E-state index < -0.39 is 5.97 Å². The number of halogens is 1. The first-order valence-corrected chi connectivity index (χ1v) is 8.21. The SMILES string of the molecule is CCCOc1ccc(C(=O)ON=C2C(C)CN(C)CC2C)cc1.Cl. The van der Waals surface area contributed by atoms with Crippen LogP contribution in [0.1, 0.15) is 37.6 Å². The van der Waals surface area contributed by atoms with E-state index in [4.69, 9.17) is 9.57 Å². The van der Waals surface area contributed by atoms with Crippen molar-refractivity contribution in [3.63, 3.8) is 0 Å². The maximum absolute atomic E-state index is 12.1. The molecule has 0 spiro atoms. The van der Waals surface area contributed by atoms with E-state index in [1.807, 2.05) is 0 Å². The molecule has 1 aromatic rings. The molecule has 0 N–H and O–H groups in total. The molecule has 2 atom stereocenters. The molecule has 134 valence electrons. The van der Waals surface area contributed by atoms with Crippen LogP contribution >= 0.6 is 12.4 Å². The average molecular weight is 355 g/mol. The van der Waals surface area contributed by atoms with E-state index in [-0.39, 0.29) is 12.4 Å². The number of carbonyl (C=O) groups excluding carboxylic acids is 1. The first-order chi connectivity index (χ1) is 11.0. The van der Waals surface area contributed by atoms with Crippen molar-refractivity contribution in [2.24, 2.45) is 17.0 Å². The Bertz CT molecular complexity index is 546. The van der Waals surface area contributed by atoms with Gasteiger partial charge in [0.25, 0.3) is 0 Å². The standard InChI is InChI=1S/C18H26N2O3.ClH/c1-5-10-22-16-8-6-15(7-9-16)18(21)23-19-17-13(2)11-20(4)12-14(17)3;/h6-9,13-14H,5,10-12H2,1-4H3;1H. The minimum absolute atomic E-state index is 0. The molecule has 24 heavy (non-hydrogen) atoms. The molecule has 0 radical (unpaired) electrons. The lowest BCUT2D eigenvalue weighted by Crippen LogP contribution is -2.42. The van der Waals surface area contributed by atoms with E-state index in [1.165, 1.54) is 0 Å². The highest BCUT2D eigenvalue weighted by molar-refractivity contribution is 5.92. The molecule has 0 aromatic heterocycles. The van der Waals surface area contributed by atoms with Crippen LogP contribution in [0.5, 0.6) is 5.75 Å². The molecule has 1 heterocycles. The van der Waals surface area contributed by atoms with Crippen LogP contribution in [0.2, 0.25) is 0 Å². The highest BCUT2D eigenvalue weighted by atomic mass is 35.5. The Kier molecular flexibility index (Phi) is 8.22. The third-order valence-corrected chi connectivity index (χ3v) is 3.98. The fourth-order valence-corrected chi connectivity index (χ4v) is 2.92. The van der Waals surface area contributed by atoms with Crippen LogP contribution in [0.3, 0.4) is 0 Å². The Hall–Kier alpha value is -1.59. The van der Waals surface area contributed by atoms with Crippen LogP contribution in [-0.4, -0.2) is 43.3 Å². The normalized spacial score (nSPS) is 20.9. The van der Waals surface area contributed by atoms with Crippen molar-refractivity contribution in [2.75, 3.05) is 26.7 Å². The number of likely N-dealkylation sites (tertiary alicyclic amines) is 1. The molecule has 0 aliphatic carbocycles. The Labute approximate surface area is 150 Å². The van der Waals surface area contributed by atoms with Gasteiger partial charge in [0.05, 0.1) is 17.9 Å². The van der Waals surface area contributed by atoms with Crippen LogP contribution in [0.4, 0.5) is 0 Å². The van der Waals surface area contributed by atoms with E-state index in [0.29, 0.717) is 24.0 Å². The zero-order valence-corrected chi connectivity index (χ0v) is 15.6. The second-order valence-corrected chi connectivity index (χ2v) is 6.29. The summed E-state index contributed by atoms with van der Waals surface area (Å²) in [5, 5.41) is 4.14. The van der Waals surface area contributed by atoms with Crippen molar-refractivity contribution in [3.8, 4) is 5.75 Å². The third-order valence-electron chi connectivity index (χ3n) is 3.98. The van der Waals surface area contributed by atoms with Gasteiger partial charge >= 0.3 is 5.97 Å². The van der Waals surface area contributed by atoms with Gasteiger partial charge in [0, 0.05) is 24.9 Å². The molecule has 0 saturated carbocycles. The molecule has 1 aliphatic rings. The largest absolute Gasteiger partial charge is 0.494 e. The van der Waals surface area contributed by atoms with Crippen molar-refractivity contribution in [3.05, 3.63) is 29.8 Å². The zero-order chi connectivity index (χ0) is 16.8. The summed E-state index contributed by atoms with van der Waals surface area (Å²) < 4.78 is 5.50.